The van der Waals surface area contributed by atoms with Crippen LogP contribution in [0, 0.1) is 0 Å². The van der Waals surface area contributed by atoms with E-state index in [9.17, 15) is 8.42 Å². The van der Waals surface area contributed by atoms with Crippen molar-refractivity contribution in [2.75, 3.05) is 0 Å². The number of hydrogen-bond acceptors (Lipinski definition) is 4. The molecule has 4 aromatic rings. The van der Waals surface area contributed by atoms with Gasteiger partial charge in [-0.2, -0.15) is 0 Å². The summed E-state index contributed by atoms with van der Waals surface area (Å²) < 4.78 is 30.2. The lowest BCUT2D eigenvalue weighted by molar-refractivity contribution is 0.581. The van der Waals surface area contributed by atoms with Gasteiger partial charge in [-0.05, 0) is 11.6 Å². The average Bonchev–Trinajstić information content (AvgIpc) is 3.22. The molecule has 5 nitrogen and oxygen atoms in total. The molecular formula is C18H15N3O2S2. The summed E-state index contributed by atoms with van der Waals surface area (Å²) in [6.45, 7) is 0.153. The molecule has 0 spiro atoms. The minimum absolute atomic E-state index is 0.153. The van der Waals surface area contributed by atoms with Crippen molar-refractivity contribution in [1.82, 2.24) is 14.1 Å². The van der Waals surface area contributed by atoms with Crippen LogP contribution in [0.3, 0.4) is 0 Å². The molecular weight excluding hydrogens is 354 g/mol. The first-order chi connectivity index (χ1) is 12.1. The van der Waals surface area contributed by atoms with Gasteiger partial charge in [0.25, 0.3) is 0 Å². The first-order valence-corrected chi connectivity index (χ1v) is 10.0. The molecule has 0 fully saturated rings. The number of imidazole rings is 1. The molecule has 0 saturated heterocycles. The van der Waals surface area contributed by atoms with E-state index < -0.39 is 10.0 Å². The summed E-state index contributed by atoms with van der Waals surface area (Å²) in [5, 5.41) is 1.94. The van der Waals surface area contributed by atoms with Gasteiger partial charge in [-0.1, -0.05) is 48.5 Å². The van der Waals surface area contributed by atoms with E-state index in [4.69, 9.17) is 0 Å². The van der Waals surface area contributed by atoms with Crippen molar-refractivity contribution in [2.24, 2.45) is 0 Å². The Kier molecular flexibility index (Phi) is 4.12. The van der Waals surface area contributed by atoms with Gasteiger partial charge < -0.3 is 0 Å². The van der Waals surface area contributed by atoms with Crippen molar-refractivity contribution in [3.05, 3.63) is 78.1 Å². The number of nitrogens with one attached hydrogen (secondary N) is 1. The molecule has 4 rings (SSSR count). The highest BCUT2D eigenvalue weighted by atomic mass is 32.2. The molecule has 2 aromatic heterocycles. The number of thiazole rings is 1. The molecule has 0 aliphatic heterocycles. The van der Waals surface area contributed by atoms with E-state index in [0.29, 0.717) is 11.3 Å². The minimum atomic E-state index is -3.65. The predicted octanol–water partition coefficient (Wildman–Crippen LogP) is 3.54. The van der Waals surface area contributed by atoms with Crippen LogP contribution in [0.2, 0.25) is 0 Å². The summed E-state index contributed by atoms with van der Waals surface area (Å²) in [6.07, 6.45) is 3.73. The van der Waals surface area contributed by atoms with Crippen molar-refractivity contribution in [3.63, 3.8) is 0 Å². The zero-order chi connectivity index (χ0) is 17.3. The fraction of sp³-hybridized carbons (Fsp3) is 0.0556. The maximum absolute atomic E-state index is 12.8. The van der Waals surface area contributed by atoms with Crippen LogP contribution in [0.25, 0.3) is 16.1 Å². The number of fused-ring (bicyclic) bond motifs is 1. The van der Waals surface area contributed by atoms with Crippen LogP contribution in [0.1, 0.15) is 5.69 Å². The molecule has 1 N–H and O–H groups in total. The molecule has 126 valence electrons. The molecule has 0 aliphatic carbocycles. The third-order valence-corrected chi connectivity index (χ3v) is 6.08. The Hall–Kier alpha value is -2.48. The summed E-state index contributed by atoms with van der Waals surface area (Å²) in [6, 6.07) is 16.5. The third kappa shape index (κ3) is 3.21. The Morgan fingerprint density at radius 1 is 1.04 bits per heavy atom. The SMILES string of the molecule is O=S(=O)(NCc1cn2ccsc2n1)c1ccccc1-c1ccccc1. The number of rotatable bonds is 5. The number of hydrogen-bond donors (Lipinski definition) is 1. The van der Waals surface area contributed by atoms with E-state index in [1.165, 1.54) is 11.3 Å². The van der Waals surface area contributed by atoms with Crippen molar-refractivity contribution in [2.45, 2.75) is 11.4 Å². The molecule has 0 saturated carbocycles. The van der Waals surface area contributed by atoms with E-state index >= 15 is 0 Å². The van der Waals surface area contributed by atoms with Crippen LogP contribution in [0.4, 0.5) is 0 Å². The summed E-state index contributed by atoms with van der Waals surface area (Å²) in [5.41, 5.74) is 2.24. The molecule has 0 radical (unpaired) electrons. The quantitative estimate of drug-likeness (QED) is 0.585. The van der Waals surface area contributed by atoms with Crippen molar-refractivity contribution < 1.29 is 8.42 Å². The van der Waals surface area contributed by atoms with Gasteiger partial charge in [0, 0.05) is 23.3 Å². The van der Waals surface area contributed by atoms with Gasteiger partial charge in [0.1, 0.15) is 0 Å². The standard InChI is InChI=1S/C18H15N3O2S2/c22-25(23,19-12-15-13-21-10-11-24-18(21)20-15)17-9-5-4-8-16(17)14-6-2-1-3-7-14/h1-11,13,19H,12H2. The summed E-state index contributed by atoms with van der Waals surface area (Å²) in [5.74, 6) is 0. The van der Waals surface area contributed by atoms with Gasteiger partial charge in [-0.3, -0.25) is 4.40 Å². The Morgan fingerprint density at radius 3 is 2.60 bits per heavy atom. The fourth-order valence-electron chi connectivity index (χ4n) is 2.67. The van der Waals surface area contributed by atoms with Crippen molar-refractivity contribution in [3.8, 4) is 11.1 Å². The fourth-order valence-corrected chi connectivity index (χ4v) is 4.61. The van der Waals surface area contributed by atoms with Gasteiger partial charge in [0.15, 0.2) is 4.96 Å². The van der Waals surface area contributed by atoms with Gasteiger partial charge in [-0.15, -0.1) is 11.3 Å². The lowest BCUT2D eigenvalue weighted by Gasteiger charge is -2.11. The lowest BCUT2D eigenvalue weighted by atomic mass is 10.1. The normalized spacial score (nSPS) is 11.8. The molecule has 0 unspecified atom stereocenters. The number of aromatic nitrogens is 2. The van der Waals surface area contributed by atoms with Crippen LogP contribution < -0.4 is 4.72 Å². The second-order valence-corrected chi connectivity index (χ2v) is 8.12. The molecule has 2 aromatic carbocycles. The largest absolute Gasteiger partial charge is 0.297 e. The monoisotopic (exact) mass is 369 g/mol. The molecule has 0 bridgehead atoms. The van der Waals surface area contributed by atoms with Crippen molar-refractivity contribution >= 4 is 26.3 Å². The predicted molar refractivity (Wildman–Crippen MR) is 99.0 cm³/mol. The molecule has 25 heavy (non-hydrogen) atoms. The van der Waals surface area contributed by atoms with Crippen LogP contribution in [0.15, 0.2) is 77.3 Å². The van der Waals surface area contributed by atoms with Gasteiger partial charge in [-0.25, -0.2) is 18.1 Å². The summed E-state index contributed by atoms with van der Waals surface area (Å²) in [7, 11) is -3.65. The topological polar surface area (TPSA) is 63.5 Å². The van der Waals surface area contributed by atoms with E-state index in [1.54, 1.807) is 12.1 Å². The number of sulfonamides is 1. The Morgan fingerprint density at radius 2 is 1.80 bits per heavy atom. The Balaban J connectivity index is 1.63. The molecule has 0 amide bonds. The summed E-state index contributed by atoms with van der Waals surface area (Å²) in [4.78, 5) is 5.52. The van der Waals surface area contributed by atoms with E-state index in [0.717, 1.165) is 10.5 Å². The van der Waals surface area contributed by atoms with Gasteiger partial charge in [0.05, 0.1) is 17.1 Å². The Labute approximate surface area is 149 Å². The van der Waals surface area contributed by atoms with Crippen LogP contribution >= 0.6 is 11.3 Å². The first kappa shape index (κ1) is 16.0. The highest BCUT2D eigenvalue weighted by molar-refractivity contribution is 7.89. The average molecular weight is 369 g/mol. The van der Waals surface area contributed by atoms with Crippen molar-refractivity contribution in [1.29, 1.82) is 0 Å². The smallest absolute Gasteiger partial charge is 0.241 e. The zero-order valence-corrected chi connectivity index (χ0v) is 14.8. The maximum Gasteiger partial charge on any atom is 0.241 e. The van der Waals surface area contributed by atoms with E-state index in [2.05, 4.69) is 9.71 Å². The van der Waals surface area contributed by atoms with Gasteiger partial charge >= 0.3 is 0 Å². The van der Waals surface area contributed by atoms with E-state index in [-0.39, 0.29) is 11.4 Å². The maximum atomic E-state index is 12.8. The second-order valence-electron chi connectivity index (χ2n) is 5.51. The molecule has 0 atom stereocenters. The van der Waals surface area contributed by atoms with Crippen LogP contribution in [0.5, 0.6) is 0 Å². The second kappa shape index (κ2) is 6.44. The zero-order valence-electron chi connectivity index (χ0n) is 13.2. The highest BCUT2D eigenvalue weighted by Gasteiger charge is 2.19. The third-order valence-electron chi connectivity index (χ3n) is 3.85. The number of nitrogens with zero attached hydrogens (tertiary/aromatic N) is 2. The van der Waals surface area contributed by atoms with E-state index in [1.807, 2.05) is 64.6 Å². The van der Waals surface area contributed by atoms with Crippen LogP contribution in [-0.4, -0.2) is 17.8 Å². The minimum Gasteiger partial charge on any atom is -0.297 e. The number of benzene rings is 2. The highest BCUT2D eigenvalue weighted by Crippen LogP contribution is 2.27. The van der Waals surface area contributed by atoms with Gasteiger partial charge in [0.2, 0.25) is 10.0 Å². The van der Waals surface area contributed by atoms with Crippen LogP contribution in [-0.2, 0) is 16.6 Å². The molecule has 2 heterocycles. The molecule has 0 aliphatic rings. The first-order valence-electron chi connectivity index (χ1n) is 7.69. The summed E-state index contributed by atoms with van der Waals surface area (Å²) >= 11 is 1.51. The molecule has 7 heteroatoms. The lowest BCUT2D eigenvalue weighted by Crippen LogP contribution is -2.24. The Bertz CT molecular complexity index is 1090.